The average Bonchev–Trinajstić information content (AvgIpc) is 2.94. The van der Waals surface area contributed by atoms with Crippen molar-refractivity contribution in [2.24, 2.45) is 5.92 Å². The number of carbonyl (C=O) groups is 1. The zero-order valence-corrected chi connectivity index (χ0v) is 15.1. The van der Waals surface area contributed by atoms with Crippen LogP contribution in [0.1, 0.15) is 28.8 Å². The number of hydrogen-bond donors (Lipinski definition) is 0. The van der Waals surface area contributed by atoms with Crippen LogP contribution in [-0.2, 0) is 6.54 Å². The van der Waals surface area contributed by atoms with Gasteiger partial charge >= 0.3 is 0 Å². The van der Waals surface area contributed by atoms with E-state index in [0.29, 0.717) is 17.1 Å². The number of hydrogen-bond acceptors (Lipinski definition) is 5. The van der Waals surface area contributed by atoms with Crippen molar-refractivity contribution in [1.29, 1.82) is 0 Å². The second-order valence-electron chi connectivity index (χ2n) is 7.56. The standard InChI is InChI=1S/C20H22N6O/c27-20(18-10-23-26-8-2-7-22-19(18)26)25-13-16-4-5-17(25)14-24(12-16)11-15-3-1-6-21-9-15/h1-3,6-10,16-17H,4-5,11-14H2/t16-,17+/m0/s1. The summed E-state index contributed by atoms with van der Waals surface area (Å²) in [7, 11) is 0. The summed E-state index contributed by atoms with van der Waals surface area (Å²) in [6, 6.07) is 6.16. The minimum Gasteiger partial charge on any atom is -0.334 e. The van der Waals surface area contributed by atoms with Crippen molar-refractivity contribution in [3.05, 3.63) is 60.3 Å². The summed E-state index contributed by atoms with van der Waals surface area (Å²) < 4.78 is 1.66. The van der Waals surface area contributed by atoms with Crippen molar-refractivity contribution in [3.63, 3.8) is 0 Å². The summed E-state index contributed by atoms with van der Waals surface area (Å²) in [6.45, 7) is 3.64. The highest BCUT2D eigenvalue weighted by Gasteiger charge is 2.38. The van der Waals surface area contributed by atoms with Gasteiger partial charge in [-0.1, -0.05) is 6.07 Å². The number of pyridine rings is 1. The highest BCUT2D eigenvalue weighted by atomic mass is 16.2. The lowest BCUT2D eigenvalue weighted by Crippen LogP contribution is -2.47. The fourth-order valence-electron chi connectivity index (χ4n) is 4.44. The maximum absolute atomic E-state index is 13.3. The molecule has 3 aromatic heterocycles. The molecule has 2 atom stereocenters. The average molecular weight is 362 g/mol. The molecular weight excluding hydrogens is 340 g/mol. The van der Waals surface area contributed by atoms with E-state index in [1.807, 2.05) is 24.5 Å². The predicted molar refractivity (Wildman–Crippen MR) is 100 cm³/mol. The Morgan fingerprint density at radius 1 is 1.11 bits per heavy atom. The van der Waals surface area contributed by atoms with E-state index in [9.17, 15) is 4.79 Å². The van der Waals surface area contributed by atoms with E-state index in [2.05, 4.69) is 30.9 Å². The van der Waals surface area contributed by atoms with Gasteiger partial charge in [0.2, 0.25) is 0 Å². The van der Waals surface area contributed by atoms with Gasteiger partial charge in [-0.15, -0.1) is 0 Å². The lowest BCUT2D eigenvalue weighted by Gasteiger charge is -2.36. The first-order valence-corrected chi connectivity index (χ1v) is 9.48. The summed E-state index contributed by atoms with van der Waals surface area (Å²) in [6.07, 6.45) is 11.2. The van der Waals surface area contributed by atoms with Crippen LogP contribution in [0.4, 0.5) is 0 Å². The molecule has 2 bridgehead atoms. The van der Waals surface area contributed by atoms with Gasteiger partial charge in [0.15, 0.2) is 5.65 Å². The van der Waals surface area contributed by atoms with Gasteiger partial charge in [-0.25, -0.2) is 9.50 Å². The molecule has 6 rings (SSSR count). The van der Waals surface area contributed by atoms with E-state index in [4.69, 9.17) is 0 Å². The molecular formula is C20H22N6O. The van der Waals surface area contributed by atoms with Crippen LogP contribution in [0.3, 0.4) is 0 Å². The van der Waals surface area contributed by atoms with Crippen LogP contribution in [0.25, 0.3) is 5.65 Å². The van der Waals surface area contributed by atoms with Crippen molar-refractivity contribution in [3.8, 4) is 0 Å². The second-order valence-corrected chi connectivity index (χ2v) is 7.56. The second kappa shape index (κ2) is 6.74. The predicted octanol–water partition coefficient (Wildman–Crippen LogP) is 1.86. The normalized spacial score (nSPS) is 22.9. The number of aromatic nitrogens is 4. The number of amides is 1. The Balaban J connectivity index is 1.38. The molecule has 3 saturated heterocycles. The minimum absolute atomic E-state index is 0.0571. The lowest BCUT2D eigenvalue weighted by atomic mass is 9.94. The molecule has 3 fully saturated rings. The molecule has 0 aliphatic carbocycles. The molecule has 138 valence electrons. The van der Waals surface area contributed by atoms with Crippen molar-refractivity contribution in [2.75, 3.05) is 19.6 Å². The van der Waals surface area contributed by atoms with Gasteiger partial charge in [-0.3, -0.25) is 14.7 Å². The van der Waals surface area contributed by atoms with Gasteiger partial charge in [-0.05, 0) is 36.5 Å². The Kier molecular flexibility index (Phi) is 4.09. The molecule has 3 aromatic rings. The van der Waals surface area contributed by atoms with Crippen LogP contribution in [-0.4, -0.2) is 61.0 Å². The van der Waals surface area contributed by atoms with Crippen LogP contribution in [0.5, 0.6) is 0 Å². The maximum atomic E-state index is 13.3. The van der Waals surface area contributed by atoms with E-state index < -0.39 is 0 Å². The third kappa shape index (κ3) is 3.08. The molecule has 27 heavy (non-hydrogen) atoms. The summed E-state index contributed by atoms with van der Waals surface area (Å²) in [5.41, 5.74) is 2.46. The summed E-state index contributed by atoms with van der Waals surface area (Å²) in [5.74, 6) is 0.570. The molecule has 7 nitrogen and oxygen atoms in total. The molecule has 0 spiro atoms. The van der Waals surface area contributed by atoms with E-state index in [-0.39, 0.29) is 11.9 Å². The third-order valence-corrected chi connectivity index (χ3v) is 5.69. The highest BCUT2D eigenvalue weighted by Crippen LogP contribution is 2.30. The molecule has 0 unspecified atom stereocenters. The number of carbonyl (C=O) groups excluding carboxylic acids is 1. The molecule has 0 radical (unpaired) electrons. The zero-order valence-electron chi connectivity index (χ0n) is 15.1. The van der Waals surface area contributed by atoms with Gasteiger partial charge < -0.3 is 4.90 Å². The Labute approximate surface area is 157 Å². The van der Waals surface area contributed by atoms with Crippen LogP contribution in [0.2, 0.25) is 0 Å². The van der Waals surface area contributed by atoms with Crippen molar-refractivity contribution in [2.45, 2.75) is 25.4 Å². The van der Waals surface area contributed by atoms with Crippen LogP contribution in [0.15, 0.2) is 49.2 Å². The number of rotatable bonds is 3. The Morgan fingerprint density at radius 3 is 2.96 bits per heavy atom. The topological polar surface area (TPSA) is 66.6 Å². The highest BCUT2D eigenvalue weighted by molar-refractivity contribution is 5.99. The largest absolute Gasteiger partial charge is 0.334 e. The first-order chi connectivity index (χ1) is 13.3. The van der Waals surface area contributed by atoms with Crippen LogP contribution in [0, 0.1) is 5.92 Å². The third-order valence-electron chi connectivity index (χ3n) is 5.69. The zero-order chi connectivity index (χ0) is 18.2. The van der Waals surface area contributed by atoms with Gasteiger partial charge in [-0.2, -0.15) is 5.10 Å². The molecule has 1 amide bonds. The first-order valence-electron chi connectivity index (χ1n) is 9.48. The molecule has 0 aromatic carbocycles. The number of piperidine rings is 1. The quantitative estimate of drug-likeness (QED) is 0.711. The molecule has 7 heteroatoms. The summed E-state index contributed by atoms with van der Waals surface area (Å²) in [4.78, 5) is 26.4. The smallest absolute Gasteiger partial charge is 0.259 e. The van der Waals surface area contributed by atoms with Crippen molar-refractivity contribution < 1.29 is 4.79 Å². The molecule has 0 saturated carbocycles. The van der Waals surface area contributed by atoms with E-state index in [1.54, 1.807) is 23.1 Å². The Morgan fingerprint density at radius 2 is 2.07 bits per heavy atom. The van der Waals surface area contributed by atoms with Gasteiger partial charge in [0, 0.05) is 57.0 Å². The molecule has 6 heterocycles. The number of fused-ring (bicyclic) bond motifs is 5. The van der Waals surface area contributed by atoms with Gasteiger partial charge in [0.1, 0.15) is 5.56 Å². The minimum atomic E-state index is 0.0571. The maximum Gasteiger partial charge on any atom is 0.259 e. The lowest BCUT2D eigenvalue weighted by molar-refractivity contribution is 0.0586. The monoisotopic (exact) mass is 362 g/mol. The molecule has 0 N–H and O–H groups in total. The fourth-order valence-corrected chi connectivity index (χ4v) is 4.44. The molecule has 3 aliphatic heterocycles. The van der Waals surface area contributed by atoms with E-state index in [1.165, 1.54) is 12.0 Å². The van der Waals surface area contributed by atoms with Gasteiger partial charge in [0.05, 0.1) is 6.20 Å². The van der Waals surface area contributed by atoms with Crippen LogP contribution < -0.4 is 0 Å². The van der Waals surface area contributed by atoms with Crippen LogP contribution >= 0.6 is 0 Å². The summed E-state index contributed by atoms with van der Waals surface area (Å²) in [5, 5.41) is 4.28. The SMILES string of the molecule is O=C(c1cnn2cccnc12)N1C[C@H]2CC[C@@H]1CN(Cc1cccnc1)C2. The Hall–Kier alpha value is -2.80. The van der Waals surface area contributed by atoms with E-state index >= 15 is 0 Å². The van der Waals surface area contributed by atoms with Gasteiger partial charge in [0.25, 0.3) is 5.91 Å². The van der Waals surface area contributed by atoms with E-state index in [0.717, 1.165) is 32.6 Å². The Bertz CT molecular complexity index is 955. The van der Waals surface area contributed by atoms with Crippen molar-refractivity contribution in [1.82, 2.24) is 29.4 Å². The molecule has 3 aliphatic rings. The number of nitrogens with zero attached hydrogens (tertiary/aromatic N) is 6. The summed E-state index contributed by atoms with van der Waals surface area (Å²) >= 11 is 0. The first kappa shape index (κ1) is 16.4. The fraction of sp³-hybridized carbons (Fsp3) is 0.400. The van der Waals surface area contributed by atoms with Crippen molar-refractivity contribution >= 4 is 11.6 Å².